The Bertz CT molecular complexity index is 747. The Morgan fingerprint density at radius 3 is 2.63 bits per heavy atom. The first kappa shape index (κ1) is 22.1. The summed E-state index contributed by atoms with van der Waals surface area (Å²) in [6, 6.07) is 0. The van der Waals surface area contributed by atoms with Gasteiger partial charge in [0, 0.05) is 26.2 Å². The molecule has 10 heteroatoms. The highest BCUT2D eigenvalue weighted by Crippen LogP contribution is 2.28. The topological polar surface area (TPSA) is 98.4 Å². The molecule has 3 rings (SSSR count). The first-order chi connectivity index (χ1) is 12.3. The Hall–Kier alpha value is -1.16. The van der Waals surface area contributed by atoms with Crippen molar-refractivity contribution in [1.29, 1.82) is 0 Å². The largest absolute Gasteiger partial charge is 0.342 e. The Morgan fingerprint density at radius 2 is 2.00 bits per heavy atom. The van der Waals surface area contributed by atoms with E-state index in [1.807, 2.05) is 11.9 Å². The van der Waals surface area contributed by atoms with E-state index < -0.39 is 10.0 Å². The Morgan fingerprint density at radius 1 is 1.26 bits per heavy atom. The standard InChI is InChI=1S/C17H29N5O3S.ClH/c1-12-16(13(2)20-19-12)26(24,25)22-7-4-5-15(11-22)17(23)21-8-6-14(10-21)9-18-3;/h14-15,18H,4-11H2,1-3H3,(H,19,20);1H. The van der Waals surface area contributed by atoms with E-state index >= 15 is 0 Å². The lowest BCUT2D eigenvalue weighted by atomic mass is 9.98. The van der Waals surface area contributed by atoms with E-state index in [4.69, 9.17) is 0 Å². The minimum absolute atomic E-state index is 0. The van der Waals surface area contributed by atoms with E-state index in [0.717, 1.165) is 32.5 Å². The summed E-state index contributed by atoms with van der Waals surface area (Å²) in [5.41, 5.74) is 1.02. The van der Waals surface area contributed by atoms with Gasteiger partial charge in [-0.15, -0.1) is 12.4 Å². The fourth-order valence-corrected chi connectivity index (χ4v) is 6.01. The number of nitrogens with one attached hydrogen (secondary N) is 2. The predicted molar refractivity (Wildman–Crippen MR) is 105 cm³/mol. The maximum Gasteiger partial charge on any atom is 0.246 e. The summed E-state index contributed by atoms with van der Waals surface area (Å²) in [4.78, 5) is 15.1. The summed E-state index contributed by atoms with van der Waals surface area (Å²) in [6.07, 6.45) is 2.47. The number of nitrogens with zero attached hydrogens (tertiary/aromatic N) is 3. The fourth-order valence-electron chi connectivity index (χ4n) is 4.16. The molecular weight excluding hydrogens is 390 g/mol. The van der Waals surface area contributed by atoms with Crippen LogP contribution in [0.2, 0.25) is 0 Å². The maximum atomic E-state index is 13.0. The maximum absolute atomic E-state index is 13.0. The molecule has 27 heavy (non-hydrogen) atoms. The smallest absolute Gasteiger partial charge is 0.246 e. The molecule has 3 heterocycles. The average Bonchev–Trinajstić information content (AvgIpc) is 3.21. The number of hydrogen-bond donors (Lipinski definition) is 2. The van der Waals surface area contributed by atoms with Gasteiger partial charge in [0.2, 0.25) is 15.9 Å². The molecule has 0 radical (unpaired) electrons. The third kappa shape index (κ3) is 4.47. The predicted octanol–water partition coefficient (Wildman–Crippen LogP) is 0.917. The van der Waals surface area contributed by atoms with Crippen LogP contribution in [0.5, 0.6) is 0 Å². The Balaban J connectivity index is 0.00000261. The van der Waals surface area contributed by atoms with Crippen molar-refractivity contribution in [3.8, 4) is 0 Å². The number of sulfonamides is 1. The van der Waals surface area contributed by atoms with Gasteiger partial charge in [-0.3, -0.25) is 9.89 Å². The van der Waals surface area contributed by atoms with E-state index in [1.54, 1.807) is 13.8 Å². The van der Waals surface area contributed by atoms with E-state index in [9.17, 15) is 13.2 Å². The van der Waals surface area contributed by atoms with Crippen LogP contribution in [0.1, 0.15) is 30.7 Å². The van der Waals surface area contributed by atoms with Crippen molar-refractivity contribution in [1.82, 2.24) is 24.7 Å². The summed E-state index contributed by atoms with van der Waals surface area (Å²) in [5, 5.41) is 9.92. The number of hydrogen-bond acceptors (Lipinski definition) is 5. The molecule has 2 fully saturated rings. The molecule has 2 saturated heterocycles. The molecule has 0 aromatic carbocycles. The van der Waals surface area contributed by atoms with Gasteiger partial charge in [-0.1, -0.05) is 0 Å². The number of likely N-dealkylation sites (tertiary alicyclic amines) is 1. The number of aryl methyl sites for hydroxylation is 2. The molecule has 2 atom stereocenters. The van der Waals surface area contributed by atoms with Crippen LogP contribution in [0.4, 0.5) is 0 Å². The van der Waals surface area contributed by atoms with Gasteiger partial charge in [0.15, 0.2) is 0 Å². The number of carbonyl (C=O) groups is 1. The zero-order chi connectivity index (χ0) is 18.9. The number of piperidine rings is 1. The molecule has 2 unspecified atom stereocenters. The van der Waals surface area contributed by atoms with Crippen molar-refractivity contribution in [3.63, 3.8) is 0 Å². The lowest BCUT2D eigenvalue weighted by molar-refractivity contribution is -0.135. The quantitative estimate of drug-likeness (QED) is 0.739. The normalized spacial score (nSPS) is 24.0. The summed E-state index contributed by atoms with van der Waals surface area (Å²) >= 11 is 0. The summed E-state index contributed by atoms with van der Waals surface area (Å²) in [5.74, 6) is 0.340. The molecule has 2 aliphatic rings. The number of amides is 1. The number of H-pyrrole nitrogens is 1. The highest BCUT2D eigenvalue weighted by molar-refractivity contribution is 7.89. The molecule has 1 amide bonds. The van der Waals surface area contributed by atoms with Crippen molar-refractivity contribution in [2.75, 3.05) is 39.8 Å². The molecular formula is C17H30ClN5O3S. The highest BCUT2D eigenvalue weighted by atomic mass is 35.5. The lowest BCUT2D eigenvalue weighted by Crippen LogP contribution is -2.46. The van der Waals surface area contributed by atoms with Crippen LogP contribution in [0.15, 0.2) is 4.90 Å². The molecule has 0 spiro atoms. The zero-order valence-electron chi connectivity index (χ0n) is 16.2. The zero-order valence-corrected chi connectivity index (χ0v) is 17.8. The first-order valence-electron chi connectivity index (χ1n) is 9.29. The summed E-state index contributed by atoms with van der Waals surface area (Å²) in [7, 11) is -1.71. The van der Waals surface area contributed by atoms with E-state index in [0.29, 0.717) is 30.3 Å². The van der Waals surface area contributed by atoms with Crippen molar-refractivity contribution in [2.24, 2.45) is 11.8 Å². The molecule has 1 aromatic heterocycles. The molecule has 1 aromatic rings. The molecule has 0 bridgehead atoms. The molecule has 0 aliphatic carbocycles. The van der Waals surface area contributed by atoms with Crippen molar-refractivity contribution < 1.29 is 13.2 Å². The van der Waals surface area contributed by atoms with Crippen LogP contribution in [0.3, 0.4) is 0 Å². The third-order valence-corrected chi connectivity index (χ3v) is 7.61. The van der Waals surface area contributed by atoms with E-state index in [-0.39, 0.29) is 35.7 Å². The van der Waals surface area contributed by atoms with Crippen LogP contribution < -0.4 is 5.32 Å². The first-order valence-corrected chi connectivity index (χ1v) is 10.7. The second-order valence-corrected chi connectivity index (χ2v) is 9.34. The number of carbonyl (C=O) groups excluding carboxylic acids is 1. The Kier molecular flexibility index (Phi) is 7.29. The molecule has 0 saturated carbocycles. The van der Waals surface area contributed by atoms with Crippen LogP contribution in [0, 0.1) is 25.7 Å². The van der Waals surface area contributed by atoms with Gasteiger partial charge in [0.05, 0.1) is 17.3 Å². The van der Waals surface area contributed by atoms with Gasteiger partial charge in [-0.25, -0.2) is 8.42 Å². The van der Waals surface area contributed by atoms with Crippen molar-refractivity contribution >= 4 is 28.3 Å². The molecule has 2 N–H and O–H groups in total. The Labute approximate surface area is 167 Å². The number of aromatic nitrogens is 2. The van der Waals surface area contributed by atoms with E-state index in [2.05, 4.69) is 15.5 Å². The van der Waals surface area contributed by atoms with Crippen LogP contribution in [-0.2, 0) is 14.8 Å². The number of rotatable bonds is 5. The summed E-state index contributed by atoms with van der Waals surface area (Å²) in [6.45, 7) is 6.57. The fraction of sp³-hybridized carbons (Fsp3) is 0.765. The highest BCUT2D eigenvalue weighted by Gasteiger charge is 2.38. The SMILES string of the molecule is CNCC1CCN(C(=O)C2CCCN(S(=O)(=O)c3c(C)n[nH]c3C)C2)C1.Cl. The van der Waals surface area contributed by atoms with Gasteiger partial charge in [-0.2, -0.15) is 9.40 Å². The van der Waals surface area contributed by atoms with Gasteiger partial charge in [0.25, 0.3) is 0 Å². The third-order valence-electron chi connectivity index (χ3n) is 5.48. The van der Waals surface area contributed by atoms with Gasteiger partial charge in [0.1, 0.15) is 4.90 Å². The number of halogens is 1. The van der Waals surface area contributed by atoms with Gasteiger partial charge in [-0.05, 0) is 52.6 Å². The minimum Gasteiger partial charge on any atom is -0.342 e. The summed E-state index contributed by atoms with van der Waals surface area (Å²) < 4.78 is 27.6. The van der Waals surface area contributed by atoms with Crippen LogP contribution in [-0.4, -0.2) is 73.5 Å². The monoisotopic (exact) mass is 419 g/mol. The second kappa shape index (κ2) is 8.89. The van der Waals surface area contributed by atoms with Crippen LogP contribution in [0.25, 0.3) is 0 Å². The van der Waals surface area contributed by atoms with Crippen molar-refractivity contribution in [3.05, 3.63) is 11.4 Å². The second-order valence-electron chi connectivity index (χ2n) is 7.46. The van der Waals surface area contributed by atoms with Gasteiger partial charge < -0.3 is 10.2 Å². The average molecular weight is 420 g/mol. The van der Waals surface area contributed by atoms with E-state index in [1.165, 1.54) is 4.31 Å². The number of aromatic amines is 1. The van der Waals surface area contributed by atoms with Crippen LogP contribution >= 0.6 is 12.4 Å². The lowest BCUT2D eigenvalue weighted by Gasteiger charge is -2.33. The molecule has 2 aliphatic heterocycles. The molecule has 8 nitrogen and oxygen atoms in total. The minimum atomic E-state index is -3.63. The molecule has 154 valence electrons. The van der Waals surface area contributed by atoms with Crippen molar-refractivity contribution in [2.45, 2.75) is 38.0 Å². The van der Waals surface area contributed by atoms with Gasteiger partial charge >= 0.3 is 0 Å².